The first kappa shape index (κ1) is 9.53. The van der Waals surface area contributed by atoms with Crippen molar-refractivity contribution in [2.45, 2.75) is 0 Å². The van der Waals surface area contributed by atoms with Gasteiger partial charge in [0.1, 0.15) is 0 Å². The van der Waals surface area contributed by atoms with Crippen LogP contribution in [0.3, 0.4) is 0 Å². The summed E-state index contributed by atoms with van der Waals surface area (Å²) in [6.07, 6.45) is 0.389. The molecule has 0 aromatic carbocycles. The second-order valence-electron chi connectivity index (χ2n) is 0.434. The first-order chi connectivity index (χ1) is 2.27. The van der Waals surface area contributed by atoms with Crippen molar-refractivity contribution in [3.63, 3.8) is 0 Å². The van der Waals surface area contributed by atoms with Gasteiger partial charge in [-0.3, -0.25) is 10.1 Å². The topological polar surface area (TPSA) is 43.1 Å². The molecule has 0 heterocycles. The van der Waals surface area contributed by atoms with Crippen molar-refractivity contribution in [1.29, 1.82) is 0 Å². The molecule has 0 fully saturated rings. The summed E-state index contributed by atoms with van der Waals surface area (Å²) >= 11 is 0. The van der Waals surface area contributed by atoms with Crippen molar-refractivity contribution in [2.24, 2.45) is 0 Å². The van der Waals surface area contributed by atoms with E-state index in [4.69, 9.17) is 10.1 Å². The van der Waals surface area contributed by atoms with Crippen molar-refractivity contribution in [2.75, 3.05) is 0 Å². The van der Waals surface area contributed by atoms with E-state index in [2.05, 4.69) is 6.58 Å². The van der Waals surface area contributed by atoms with Gasteiger partial charge in [-0.2, -0.15) is 0 Å². The number of hydrogen-bond donors (Lipinski definition) is 0. The summed E-state index contributed by atoms with van der Waals surface area (Å²) in [6, 6.07) is 0. The Morgan fingerprint density at radius 1 is 1.83 bits per heavy atom. The average Bonchev–Trinajstić information content (AvgIpc) is 1.38. The van der Waals surface area contributed by atoms with E-state index in [0.717, 1.165) is 0 Å². The van der Waals surface area contributed by atoms with Crippen molar-refractivity contribution >= 4 is 0 Å². The fourth-order valence-corrected chi connectivity index (χ4v) is 0. The van der Waals surface area contributed by atoms with E-state index >= 15 is 0 Å². The average molecular weight is 161 g/mol. The summed E-state index contributed by atoms with van der Waals surface area (Å²) in [6.45, 7) is 4.35. The first-order valence-corrected chi connectivity index (χ1v) is 0.957. The molecule has 0 aromatic rings. The van der Waals surface area contributed by atoms with Gasteiger partial charge in [-0.15, -0.1) is 0 Å². The molecular weight excluding hydrogens is 159 g/mol. The SMILES string of the molecule is [CH-]=C[N+](=O)[O-].[Y+3]. The summed E-state index contributed by atoms with van der Waals surface area (Å²) in [5.41, 5.74) is 0. The Kier molecular flexibility index (Phi) is 8.33. The second kappa shape index (κ2) is 5.24. The minimum absolute atomic E-state index is 0. The van der Waals surface area contributed by atoms with E-state index < -0.39 is 4.92 Å². The summed E-state index contributed by atoms with van der Waals surface area (Å²) in [4.78, 5) is 8.27. The molecule has 0 rings (SSSR count). The minimum Gasteiger partial charge on any atom is -0.439 e. The maximum Gasteiger partial charge on any atom is 3.00 e. The van der Waals surface area contributed by atoms with Gasteiger partial charge in [0.05, 0.1) is 6.20 Å². The van der Waals surface area contributed by atoms with Crippen LogP contribution in [0.4, 0.5) is 0 Å². The van der Waals surface area contributed by atoms with Gasteiger partial charge >= 0.3 is 32.7 Å². The molecule has 0 aliphatic heterocycles. The van der Waals surface area contributed by atoms with Crippen LogP contribution >= 0.6 is 0 Å². The van der Waals surface area contributed by atoms with Gasteiger partial charge in [0.15, 0.2) is 0 Å². The molecule has 0 saturated heterocycles. The molecule has 6 heavy (non-hydrogen) atoms. The molecule has 0 aliphatic carbocycles. The molecule has 0 spiro atoms. The molecule has 0 aliphatic rings. The smallest absolute Gasteiger partial charge is 0.439 e. The molecule has 0 atom stereocenters. The van der Waals surface area contributed by atoms with Crippen molar-refractivity contribution in [3.05, 3.63) is 22.9 Å². The molecule has 28 valence electrons. The van der Waals surface area contributed by atoms with Gasteiger partial charge in [0.2, 0.25) is 0 Å². The summed E-state index contributed by atoms with van der Waals surface area (Å²) in [5, 5.41) is 8.99. The van der Waals surface area contributed by atoms with Crippen molar-refractivity contribution < 1.29 is 37.6 Å². The maximum atomic E-state index is 8.99. The van der Waals surface area contributed by atoms with E-state index in [9.17, 15) is 0 Å². The Balaban J connectivity index is 0. The molecule has 0 unspecified atom stereocenters. The van der Waals surface area contributed by atoms with Gasteiger partial charge in [0, 0.05) is 4.92 Å². The van der Waals surface area contributed by atoms with Crippen LogP contribution in [-0.4, -0.2) is 4.92 Å². The van der Waals surface area contributed by atoms with E-state index in [1.165, 1.54) is 0 Å². The Morgan fingerprint density at radius 3 is 2.00 bits per heavy atom. The second-order valence-corrected chi connectivity index (χ2v) is 0.434. The molecular formula is C2H2NO2Y+2. The number of nitro groups is 1. The standard InChI is InChI=1S/C2H2NO2.Y/c1-2-3(4)5;/h1-2H;/q-1;+3. The zero-order valence-electron chi connectivity index (χ0n) is 3.00. The molecule has 0 radical (unpaired) electrons. The third-order valence-corrected chi connectivity index (χ3v) is 0.122. The third-order valence-electron chi connectivity index (χ3n) is 0.122. The largest absolute Gasteiger partial charge is 3.00 e. The number of nitrogens with zero attached hydrogens (tertiary/aromatic N) is 1. The zero-order chi connectivity index (χ0) is 4.28. The minimum atomic E-state index is -0.722. The molecule has 3 nitrogen and oxygen atoms in total. The predicted octanol–water partition coefficient (Wildman–Crippen LogP) is 0.207. The van der Waals surface area contributed by atoms with E-state index in [-0.39, 0.29) is 32.7 Å². The van der Waals surface area contributed by atoms with Gasteiger partial charge < -0.3 is 6.58 Å². The Hall–Kier alpha value is 0.244. The van der Waals surface area contributed by atoms with Crippen LogP contribution in [0.2, 0.25) is 0 Å². The van der Waals surface area contributed by atoms with E-state index in [1.54, 1.807) is 0 Å². The Bertz CT molecular complexity index is 62.6. The fraction of sp³-hybridized carbons (Fsp3) is 0. The molecule has 0 aromatic heterocycles. The van der Waals surface area contributed by atoms with Crippen LogP contribution in [-0.2, 0) is 32.7 Å². The third kappa shape index (κ3) is 8.87. The predicted molar refractivity (Wildman–Crippen MR) is 15.9 cm³/mol. The van der Waals surface area contributed by atoms with Crippen LogP contribution in [0, 0.1) is 16.7 Å². The van der Waals surface area contributed by atoms with Gasteiger partial charge in [-0.1, -0.05) is 0 Å². The van der Waals surface area contributed by atoms with Gasteiger partial charge in [0.25, 0.3) is 0 Å². The monoisotopic (exact) mass is 161 g/mol. The summed E-state index contributed by atoms with van der Waals surface area (Å²) in [7, 11) is 0. The van der Waals surface area contributed by atoms with E-state index in [0.29, 0.717) is 6.20 Å². The summed E-state index contributed by atoms with van der Waals surface area (Å²) in [5.74, 6) is 0. The van der Waals surface area contributed by atoms with Crippen LogP contribution in [0.5, 0.6) is 0 Å². The first-order valence-electron chi connectivity index (χ1n) is 0.957. The Labute approximate surface area is 60.5 Å². The van der Waals surface area contributed by atoms with E-state index in [1.807, 2.05) is 0 Å². The number of hydrogen-bond acceptors (Lipinski definition) is 2. The van der Waals surface area contributed by atoms with Crippen LogP contribution < -0.4 is 0 Å². The molecule has 4 heteroatoms. The molecule has 0 amide bonds. The zero-order valence-corrected chi connectivity index (χ0v) is 5.83. The number of rotatable bonds is 1. The van der Waals surface area contributed by atoms with Gasteiger partial charge in [-0.25, -0.2) is 0 Å². The molecule has 0 N–H and O–H groups in total. The molecule has 0 saturated carbocycles. The maximum absolute atomic E-state index is 8.99. The van der Waals surface area contributed by atoms with Crippen LogP contribution in [0.1, 0.15) is 0 Å². The van der Waals surface area contributed by atoms with Crippen LogP contribution in [0.25, 0.3) is 0 Å². The molecule has 0 bridgehead atoms. The normalized spacial score (nSPS) is 5.33. The van der Waals surface area contributed by atoms with Crippen LogP contribution in [0.15, 0.2) is 6.20 Å². The quantitative estimate of drug-likeness (QED) is 0.313. The summed E-state index contributed by atoms with van der Waals surface area (Å²) < 4.78 is 0. The van der Waals surface area contributed by atoms with Crippen molar-refractivity contribution in [1.82, 2.24) is 0 Å². The van der Waals surface area contributed by atoms with Gasteiger partial charge in [-0.05, 0) is 0 Å². The van der Waals surface area contributed by atoms with Crippen molar-refractivity contribution in [3.8, 4) is 0 Å². The Morgan fingerprint density at radius 2 is 2.00 bits per heavy atom. The fourth-order valence-electron chi connectivity index (χ4n) is 0.